The van der Waals surface area contributed by atoms with Gasteiger partial charge in [0.2, 0.25) is 0 Å². The summed E-state index contributed by atoms with van der Waals surface area (Å²) in [6.45, 7) is 4.34. The van der Waals surface area contributed by atoms with Gasteiger partial charge < -0.3 is 0 Å². The van der Waals surface area contributed by atoms with Crippen LogP contribution in [0, 0.1) is 0 Å². The van der Waals surface area contributed by atoms with Crippen LogP contribution in [0.2, 0.25) is 0 Å². The molecular formula is C17H17N3. The number of fused-ring (bicyclic) bond motifs is 1. The molecule has 0 saturated heterocycles. The summed E-state index contributed by atoms with van der Waals surface area (Å²) in [5, 5.41) is 4.67. The number of hydrogen-bond acceptors (Lipinski definition) is 2. The maximum Gasteiger partial charge on any atom is 0.0737 e. The largest absolute Gasteiger partial charge is 0.264 e. The van der Waals surface area contributed by atoms with Gasteiger partial charge in [0.1, 0.15) is 0 Å². The smallest absolute Gasteiger partial charge is 0.0737 e. The van der Waals surface area contributed by atoms with Crippen LogP contribution in [0.5, 0.6) is 0 Å². The summed E-state index contributed by atoms with van der Waals surface area (Å²) in [5.41, 5.74) is 4.54. The maximum absolute atomic E-state index is 4.67. The molecule has 3 heteroatoms. The lowest BCUT2D eigenvalue weighted by molar-refractivity contribution is 0.787. The third-order valence-electron chi connectivity index (χ3n) is 3.28. The van der Waals surface area contributed by atoms with E-state index < -0.39 is 0 Å². The molecule has 0 unspecified atom stereocenters. The van der Waals surface area contributed by atoms with Gasteiger partial charge in [0, 0.05) is 24.2 Å². The molecule has 0 N–H and O–H groups in total. The van der Waals surface area contributed by atoms with Gasteiger partial charge in [-0.3, -0.25) is 4.98 Å². The molecule has 3 heterocycles. The Morgan fingerprint density at radius 2 is 2.00 bits per heavy atom. The lowest BCUT2D eigenvalue weighted by Crippen LogP contribution is -1.91. The molecule has 0 aliphatic rings. The van der Waals surface area contributed by atoms with Crippen molar-refractivity contribution >= 4 is 17.7 Å². The van der Waals surface area contributed by atoms with Crippen LogP contribution in [0.1, 0.15) is 36.6 Å². The Kier molecular flexibility index (Phi) is 3.33. The van der Waals surface area contributed by atoms with Gasteiger partial charge in [-0.25, -0.2) is 4.52 Å². The van der Waals surface area contributed by atoms with Crippen molar-refractivity contribution in [3.63, 3.8) is 0 Å². The fourth-order valence-corrected chi connectivity index (χ4v) is 2.29. The number of aromatic nitrogens is 3. The summed E-state index contributed by atoms with van der Waals surface area (Å²) in [7, 11) is 0. The van der Waals surface area contributed by atoms with E-state index in [0.29, 0.717) is 5.92 Å². The van der Waals surface area contributed by atoms with Gasteiger partial charge >= 0.3 is 0 Å². The predicted molar refractivity (Wildman–Crippen MR) is 82.4 cm³/mol. The first kappa shape index (κ1) is 12.6. The number of rotatable bonds is 3. The van der Waals surface area contributed by atoms with E-state index in [0.717, 1.165) is 16.8 Å². The third-order valence-corrected chi connectivity index (χ3v) is 3.28. The highest BCUT2D eigenvalue weighted by Crippen LogP contribution is 2.24. The molecule has 3 aromatic heterocycles. The van der Waals surface area contributed by atoms with E-state index in [4.69, 9.17) is 0 Å². The normalized spacial score (nSPS) is 11.8. The van der Waals surface area contributed by atoms with Crippen molar-refractivity contribution in [1.82, 2.24) is 14.6 Å². The predicted octanol–water partition coefficient (Wildman–Crippen LogP) is 4.02. The van der Waals surface area contributed by atoms with Crippen LogP contribution in [0.25, 0.3) is 17.7 Å². The van der Waals surface area contributed by atoms with Crippen molar-refractivity contribution in [2.24, 2.45) is 0 Å². The molecular weight excluding hydrogens is 246 g/mol. The first-order valence-electron chi connectivity index (χ1n) is 6.81. The summed E-state index contributed by atoms with van der Waals surface area (Å²) in [5.74, 6) is 0.392. The maximum atomic E-state index is 4.67. The Morgan fingerprint density at radius 1 is 1.10 bits per heavy atom. The standard InChI is InChI=1S/C17H17N3/c1-13(2)17-15(9-8-14-6-5-10-18-12-14)16-7-3-4-11-20(16)19-17/h3-13H,1-2H3/b9-8+. The SMILES string of the molecule is CC(C)c1nn2ccccc2c1/C=C/c1cccnc1. The highest BCUT2D eigenvalue weighted by Gasteiger charge is 2.12. The Bertz CT molecular complexity index is 739. The number of pyridine rings is 2. The van der Waals surface area contributed by atoms with Gasteiger partial charge in [0.15, 0.2) is 0 Å². The highest BCUT2D eigenvalue weighted by molar-refractivity contribution is 5.79. The zero-order valence-corrected chi connectivity index (χ0v) is 11.7. The van der Waals surface area contributed by atoms with Crippen molar-refractivity contribution < 1.29 is 0 Å². The molecule has 0 spiro atoms. The molecule has 3 aromatic rings. The third kappa shape index (κ3) is 2.35. The second kappa shape index (κ2) is 5.29. The second-order valence-electron chi connectivity index (χ2n) is 5.10. The average molecular weight is 263 g/mol. The fourth-order valence-electron chi connectivity index (χ4n) is 2.29. The first-order chi connectivity index (χ1) is 9.75. The monoisotopic (exact) mass is 263 g/mol. The van der Waals surface area contributed by atoms with Crippen molar-refractivity contribution in [2.45, 2.75) is 19.8 Å². The molecule has 0 aliphatic carbocycles. The van der Waals surface area contributed by atoms with Gasteiger partial charge in [-0.05, 0) is 29.7 Å². The van der Waals surface area contributed by atoms with E-state index in [2.05, 4.69) is 42.1 Å². The Balaban J connectivity index is 2.10. The van der Waals surface area contributed by atoms with Crippen LogP contribution < -0.4 is 0 Å². The van der Waals surface area contributed by atoms with E-state index in [9.17, 15) is 0 Å². The van der Waals surface area contributed by atoms with Crippen molar-refractivity contribution in [1.29, 1.82) is 0 Å². The van der Waals surface area contributed by atoms with Gasteiger partial charge in [-0.1, -0.05) is 38.1 Å². The van der Waals surface area contributed by atoms with E-state index in [1.807, 2.05) is 41.2 Å². The van der Waals surface area contributed by atoms with Gasteiger partial charge in [0.25, 0.3) is 0 Å². The topological polar surface area (TPSA) is 30.2 Å². The van der Waals surface area contributed by atoms with Crippen LogP contribution in [0.4, 0.5) is 0 Å². The van der Waals surface area contributed by atoms with Crippen LogP contribution >= 0.6 is 0 Å². The Morgan fingerprint density at radius 3 is 2.75 bits per heavy atom. The van der Waals surface area contributed by atoms with Crippen molar-refractivity contribution in [3.8, 4) is 0 Å². The van der Waals surface area contributed by atoms with Crippen LogP contribution in [0.3, 0.4) is 0 Å². The molecule has 0 radical (unpaired) electrons. The van der Waals surface area contributed by atoms with Crippen LogP contribution in [0.15, 0.2) is 48.9 Å². The van der Waals surface area contributed by atoms with Gasteiger partial charge in [-0.2, -0.15) is 5.10 Å². The molecule has 20 heavy (non-hydrogen) atoms. The number of nitrogens with zero attached hydrogens (tertiary/aromatic N) is 3. The highest BCUT2D eigenvalue weighted by atomic mass is 15.2. The molecule has 0 fully saturated rings. The molecule has 3 nitrogen and oxygen atoms in total. The molecule has 100 valence electrons. The van der Waals surface area contributed by atoms with Crippen LogP contribution in [-0.4, -0.2) is 14.6 Å². The van der Waals surface area contributed by atoms with E-state index in [1.165, 1.54) is 5.56 Å². The molecule has 3 rings (SSSR count). The van der Waals surface area contributed by atoms with E-state index >= 15 is 0 Å². The second-order valence-corrected chi connectivity index (χ2v) is 5.10. The van der Waals surface area contributed by atoms with Crippen LogP contribution in [-0.2, 0) is 0 Å². The molecule has 0 bridgehead atoms. The quantitative estimate of drug-likeness (QED) is 0.714. The minimum absolute atomic E-state index is 0.392. The van der Waals surface area contributed by atoms with Gasteiger partial charge in [-0.15, -0.1) is 0 Å². The summed E-state index contributed by atoms with van der Waals surface area (Å²) in [4.78, 5) is 4.13. The molecule has 0 amide bonds. The number of hydrogen-bond donors (Lipinski definition) is 0. The summed E-state index contributed by atoms with van der Waals surface area (Å²) < 4.78 is 1.94. The molecule has 0 atom stereocenters. The van der Waals surface area contributed by atoms with E-state index in [1.54, 1.807) is 6.20 Å². The lowest BCUT2D eigenvalue weighted by atomic mass is 10.0. The molecule has 0 aliphatic heterocycles. The summed E-state index contributed by atoms with van der Waals surface area (Å²) >= 11 is 0. The average Bonchev–Trinajstić information content (AvgIpc) is 2.85. The van der Waals surface area contributed by atoms with E-state index in [-0.39, 0.29) is 0 Å². The molecule has 0 saturated carbocycles. The zero-order valence-electron chi connectivity index (χ0n) is 11.7. The fraction of sp³-hybridized carbons (Fsp3) is 0.176. The minimum atomic E-state index is 0.392. The first-order valence-corrected chi connectivity index (χ1v) is 6.81. The van der Waals surface area contributed by atoms with Crippen molar-refractivity contribution in [2.75, 3.05) is 0 Å². The Hall–Kier alpha value is -2.42. The summed E-state index contributed by atoms with van der Waals surface area (Å²) in [6, 6.07) is 10.1. The molecule has 0 aromatic carbocycles. The zero-order chi connectivity index (χ0) is 13.9. The van der Waals surface area contributed by atoms with Crippen molar-refractivity contribution in [3.05, 3.63) is 65.7 Å². The lowest BCUT2D eigenvalue weighted by Gasteiger charge is -2.01. The summed E-state index contributed by atoms with van der Waals surface area (Å²) in [6.07, 6.45) is 9.85. The minimum Gasteiger partial charge on any atom is -0.264 e. The Labute approximate surface area is 118 Å². The van der Waals surface area contributed by atoms with Gasteiger partial charge in [0.05, 0.1) is 11.2 Å².